The number of rotatable bonds is 7. The van der Waals surface area contributed by atoms with Gasteiger partial charge in [-0.05, 0) is 25.0 Å². The normalized spacial score (nSPS) is 13.0. The van der Waals surface area contributed by atoms with Crippen molar-refractivity contribution in [1.29, 1.82) is 0 Å². The minimum absolute atomic E-state index is 0.463. The molecule has 0 saturated heterocycles. The number of nitrogens with one attached hydrogen (secondary N) is 1. The maximum Gasteiger partial charge on any atom is 0.0931 e. The monoisotopic (exact) mass is 247 g/mol. The van der Waals surface area contributed by atoms with Crippen molar-refractivity contribution in [2.75, 3.05) is 20.3 Å². The van der Waals surface area contributed by atoms with Gasteiger partial charge in [0.2, 0.25) is 0 Å². The SMILES string of the molecule is CCC(COC)NCCc1ccc(Cl)s1. The first-order valence-corrected chi connectivity index (χ1v) is 6.42. The van der Waals surface area contributed by atoms with Gasteiger partial charge in [-0.2, -0.15) is 0 Å². The van der Waals surface area contributed by atoms with Crippen LogP contribution >= 0.6 is 22.9 Å². The molecule has 1 rings (SSSR count). The summed E-state index contributed by atoms with van der Waals surface area (Å²) in [5, 5.41) is 3.47. The fourth-order valence-corrected chi connectivity index (χ4v) is 2.49. The van der Waals surface area contributed by atoms with Gasteiger partial charge in [0.05, 0.1) is 10.9 Å². The van der Waals surface area contributed by atoms with E-state index in [1.807, 2.05) is 6.07 Å². The van der Waals surface area contributed by atoms with E-state index in [2.05, 4.69) is 18.3 Å². The molecule has 4 heteroatoms. The Kier molecular flexibility index (Phi) is 6.25. The molecule has 2 nitrogen and oxygen atoms in total. The summed E-state index contributed by atoms with van der Waals surface area (Å²) < 4.78 is 5.99. The van der Waals surface area contributed by atoms with E-state index in [0.717, 1.165) is 30.3 Å². The summed E-state index contributed by atoms with van der Waals surface area (Å²) in [6, 6.07) is 4.50. The standard InChI is InChI=1S/C11H18ClNOS/c1-3-9(8-14-2)13-7-6-10-4-5-11(12)15-10/h4-5,9,13H,3,6-8H2,1-2H3. The number of hydrogen-bond acceptors (Lipinski definition) is 3. The molecule has 0 aromatic carbocycles. The summed E-state index contributed by atoms with van der Waals surface area (Å²) in [6.07, 6.45) is 2.14. The lowest BCUT2D eigenvalue weighted by molar-refractivity contribution is 0.165. The quantitative estimate of drug-likeness (QED) is 0.800. The third-order valence-corrected chi connectivity index (χ3v) is 3.58. The molecule has 0 aliphatic rings. The molecule has 0 aliphatic carbocycles. The molecule has 1 heterocycles. The van der Waals surface area contributed by atoms with Crippen LogP contribution in [-0.2, 0) is 11.2 Å². The molecule has 1 aromatic heterocycles. The van der Waals surface area contributed by atoms with E-state index < -0.39 is 0 Å². The van der Waals surface area contributed by atoms with E-state index >= 15 is 0 Å². The van der Waals surface area contributed by atoms with E-state index in [4.69, 9.17) is 16.3 Å². The van der Waals surface area contributed by atoms with Crippen molar-refractivity contribution in [1.82, 2.24) is 5.32 Å². The molecule has 0 radical (unpaired) electrons. The second-order valence-corrected chi connectivity index (χ2v) is 5.27. The highest BCUT2D eigenvalue weighted by atomic mass is 35.5. The molecule has 1 atom stereocenters. The second-order valence-electron chi connectivity index (χ2n) is 3.47. The molecule has 15 heavy (non-hydrogen) atoms. The smallest absolute Gasteiger partial charge is 0.0931 e. The third kappa shape index (κ3) is 4.98. The average molecular weight is 248 g/mol. The van der Waals surface area contributed by atoms with Gasteiger partial charge >= 0.3 is 0 Å². The zero-order valence-electron chi connectivity index (χ0n) is 9.25. The summed E-state index contributed by atoms with van der Waals surface area (Å²) in [4.78, 5) is 1.33. The zero-order chi connectivity index (χ0) is 11.1. The molecule has 0 fully saturated rings. The Balaban J connectivity index is 2.20. The van der Waals surface area contributed by atoms with Crippen LogP contribution in [0.15, 0.2) is 12.1 Å². The van der Waals surface area contributed by atoms with Crippen LogP contribution in [0.3, 0.4) is 0 Å². The van der Waals surface area contributed by atoms with Crippen molar-refractivity contribution in [3.05, 3.63) is 21.3 Å². The maximum absolute atomic E-state index is 5.86. The van der Waals surface area contributed by atoms with Crippen LogP contribution in [0.1, 0.15) is 18.2 Å². The van der Waals surface area contributed by atoms with Gasteiger partial charge in [0.25, 0.3) is 0 Å². The van der Waals surface area contributed by atoms with Gasteiger partial charge in [-0.15, -0.1) is 11.3 Å². The van der Waals surface area contributed by atoms with Crippen LogP contribution in [-0.4, -0.2) is 26.3 Å². The van der Waals surface area contributed by atoms with E-state index in [9.17, 15) is 0 Å². The Labute approximate surface area is 101 Å². The predicted octanol–water partition coefficient (Wildman–Crippen LogP) is 2.96. The number of methoxy groups -OCH3 is 1. The van der Waals surface area contributed by atoms with Gasteiger partial charge < -0.3 is 10.1 Å². The van der Waals surface area contributed by atoms with Crippen molar-refractivity contribution >= 4 is 22.9 Å². The van der Waals surface area contributed by atoms with Crippen molar-refractivity contribution in [2.24, 2.45) is 0 Å². The van der Waals surface area contributed by atoms with Crippen molar-refractivity contribution < 1.29 is 4.74 Å². The highest BCUT2D eigenvalue weighted by molar-refractivity contribution is 7.16. The number of halogens is 1. The van der Waals surface area contributed by atoms with E-state index in [0.29, 0.717) is 6.04 Å². The molecule has 1 N–H and O–H groups in total. The molecule has 0 saturated carbocycles. The molecule has 0 amide bonds. The Morgan fingerprint density at radius 2 is 2.33 bits per heavy atom. The lowest BCUT2D eigenvalue weighted by Gasteiger charge is -2.15. The van der Waals surface area contributed by atoms with Gasteiger partial charge in [0.15, 0.2) is 0 Å². The van der Waals surface area contributed by atoms with Crippen molar-refractivity contribution in [2.45, 2.75) is 25.8 Å². The van der Waals surface area contributed by atoms with Crippen LogP contribution in [0.4, 0.5) is 0 Å². The van der Waals surface area contributed by atoms with E-state index in [1.54, 1.807) is 18.4 Å². The first-order chi connectivity index (χ1) is 7.26. The molecule has 0 spiro atoms. The lowest BCUT2D eigenvalue weighted by atomic mass is 10.2. The number of ether oxygens (including phenoxy) is 1. The van der Waals surface area contributed by atoms with Crippen LogP contribution in [0.2, 0.25) is 4.34 Å². The third-order valence-electron chi connectivity index (χ3n) is 2.29. The first-order valence-electron chi connectivity index (χ1n) is 5.22. The van der Waals surface area contributed by atoms with Gasteiger partial charge in [-0.3, -0.25) is 0 Å². The number of hydrogen-bond donors (Lipinski definition) is 1. The zero-order valence-corrected chi connectivity index (χ0v) is 10.8. The Morgan fingerprint density at radius 1 is 1.53 bits per heavy atom. The number of thiophene rings is 1. The molecule has 0 bridgehead atoms. The lowest BCUT2D eigenvalue weighted by Crippen LogP contribution is -2.33. The van der Waals surface area contributed by atoms with Gasteiger partial charge in [-0.25, -0.2) is 0 Å². The van der Waals surface area contributed by atoms with Crippen LogP contribution in [0.25, 0.3) is 0 Å². The largest absolute Gasteiger partial charge is 0.383 e. The molecule has 0 aliphatic heterocycles. The molecule has 1 unspecified atom stereocenters. The maximum atomic E-state index is 5.86. The first kappa shape index (κ1) is 13.0. The molecule has 1 aromatic rings. The molecular formula is C11H18ClNOS. The fraction of sp³-hybridized carbons (Fsp3) is 0.636. The average Bonchev–Trinajstić information content (AvgIpc) is 2.63. The Morgan fingerprint density at radius 3 is 2.87 bits per heavy atom. The van der Waals surface area contributed by atoms with Crippen LogP contribution < -0.4 is 5.32 Å². The topological polar surface area (TPSA) is 21.3 Å². The summed E-state index contributed by atoms with van der Waals surface area (Å²) in [6.45, 7) is 3.93. The molecular weight excluding hydrogens is 230 g/mol. The Hall–Kier alpha value is -0.0900. The van der Waals surface area contributed by atoms with Gasteiger partial charge in [0.1, 0.15) is 0 Å². The minimum atomic E-state index is 0.463. The van der Waals surface area contributed by atoms with E-state index in [1.165, 1.54) is 4.88 Å². The van der Waals surface area contributed by atoms with Crippen LogP contribution in [0, 0.1) is 0 Å². The Bertz CT molecular complexity index is 277. The summed E-state index contributed by atoms with van der Waals surface area (Å²) in [5.41, 5.74) is 0. The van der Waals surface area contributed by atoms with Crippen molar-refractivity contribution in [3.63, 3.8) is 0 Å². The highest BCUT2D eigenvalue weighted by Crippen LogP contribution is 2.21. The summed E-state index contributed by atoms with van der Waals surface area (Å²) in [7, 11) is 1.74. The predicted molar refractivity (Wildman–Crippen MR) is 67.0 cm³/mol. The van der Waals surface area contributed by atoms with Gasteiger partial charge in [0, 0.05) is 24.6 Å². The van der Waals surface area contributed by atoms with Crippen molar-refractivity contribution in [3.8, 4) is 0 Å². The van der Waals surface area contributed by atoms with E-state index in [-0.39, 0.29) is 0 Å². The minimum Gasteiger partial charge on any atom is -0.383 e. The van der Waals surface area contributed by atoms with Gasteiger partial charge in [-0.1, -0.05) is 18.5 Å². The fourth-order valence-electron chi connectivity index (χ4n) is 1.41. The van der Waals surface area contributed by atoms with Crippen LogP contribution in [0.5, 0.6) is 0 Å². The highest BCUT2D eigenvalue weighted by Gasteiger charge is 2.04. The second kappa shape index (κ2) is 7.23. The summed E-state index contributed by atoms with van der Waals surface area (Å²) >= 11 is 7.51. The molecule has 86 valence electrons. The summed E-state index contributed by atoms with van der Waals surface area (Å²) in [5.74, 6) is 0.